The smallest absolute Gasteiger partial charge is 0.338 e. The fourth-order valence-electron chi connectivity index (χ4n) is 2.32. The van der Waals surface area contributed by atoms with E-state index in [0.717, 1.165) is 10.2 Å². The summed E-state index contributed by atoms with van der Waals surface area (Å²) in [7, 11) is 0. The monoisotopic (exact) mass is 356 g/mol. The van der Waals surface area contributed by atoms with E-state index in [1.807, 2.05) is 24.3 Å². The SMILES string of the molecule is O=C(COC(=O)c1ccc2c(c1)OCO2)Nc1nc2ccccc2s1. The van der Waals surface area contributed by atoms with Gasteiger partial charge in [0.15, 0.2) is 23.2 Å². The summed E-state index contributed by atoms with van der Waals surface area (Å²) in [6, 6.07) is 12.3. The van der Waals surface area contributed by atoms with E-state index >= 15 is 0 Å². The molecule has 0 saturated carbocycles. The molecule has 7 nitrogen and oxygen atoms in total. The number of amides is 1. The Labute approximate surface area is 146 Å². The number of ether oxygens (including phenoxy) is 3. The van der Waals surface area contributed by atoms with Crippen molar-refractivity contribution in [2.75, 3.05) is 18.7 Å². The van der Waals surface area contributed by atoms with Gasteiger partial charge in [-0.25, -0.2) is 9.78 Å². The first-order valence-electron chi connectivity index (χ1n) is 7.41. The highest BCUT2D eigenvalue weighted by molar-refractivity contribution is 7.22. The molecule has 1 amide bonds. The van der Waals surface area contributed by atoms with Crippen LogP contribution in [-0.4, -0.2) is 30.3 Å². The van der Waals surface area contributed by atoms with Crippen LogP contribution in [-0.2, 0) is 9.53 Å². The number of nitrogens with one attached hydrogen (secondary N) is 1. The molecule has 0 fully saturated rings. The van der Waals surface area contributed by atoms with Crippen molar-refractivity contribution < 1.29 is 23.8 Å². The van der Waals surface area contributed by atoms with Crippen molar-refractivity contribution in [3.63, 3.8) is 0 Å². The van der Waals surface area contributed by atoms with Gasteiger partial charge in [-0.1, -0.05) is 23.5 Å². The molecule has 25 heavy (non-hydrogen) atoms. The molecule has 126 valence electrons. The number of aromatic nitrogens is 1. The van der Waals surface area contributed by atoms with Crippen molar-refractivity contribution in [3.05, 3.63) is 48.0 Å². The number of benzene rings is 2. The van der Waals surface area contributed by atoms with Crippen LogP contribution in [0.2, 0.25) is 0 Å². The first-order chi connectivity index (χ1) is 12.2. The number of nitrogens with zero attached hydrogens (tertiary/aromatic N) is 1. The molecule has 1 aliphatic heterocycles. The average Bonchev–Trinajstić information content (AvgIpc) is 3.24. The van der Waals surface area contributed by atoms with E-state index < -0.39 is 18.5 Å². The second-order valence-corrected chi connectivity index (χ2v) is 6.21. The number of thiazole rings is 1. The van der Waals surface area contributed by atoms with Crippen LogP contribution in [0.3, 0.4) is 0 Å². The first-order valence-corrected chi connectivity index (χ1v) is 8.23. The number of hydrogen-bond acceptors (Lipinski definition) is 7. The number of rotatable bonds is 4. The van der Waals surface area contributed by atoms with Gasteiger partial charge in [-0.05, 0) is 30.3 Å². The predicted molar refractivity (Wildman–Crippen MR) is 91.1 cm³/mol. The van der Waals surface area contributed by atoms with E-state index in [0.29, 0.717) is 16.6 Å². The number of para-hydroxylation sites is 1. The molecule has 0 spiro atoms. The van der Waals surface area contributed by atoms with Crippen molar-refractivity contribution in [1.29, 1.82) is 0 Å². The van der Waals surface area contributed by atoms with E-state index in [-0.39, 0.29) is 12.4 Å². The Morgan fingerprint density at radius 1 is 1.16 bits per heavy atom. The predicted octanol–water partition coefficient (Wildman–Crippen LogP) is 2.82. The van der Waals surface area contributed by atoms with Gasteiger partial charge in [0.2, 0.25) is 6.79 Å². The molecule has 0 saturated heterocycles. The molecule has 0 unspecified atom stereocenters. The minimum atomic E-state index is -0.613. The van der Waals surface area contributed by atoms with Crippen LogP contribution < -0.4 is 14.8 Å². The molecular formula is C17H12N2O5S. The molecule has 1 aromatic heterocycles. The van der Waals surface area contributed by atoms with E-state index in [2.05, 4.69) is 10.3 Å². The number of anilines is 1. The Kier molecular flexibility index (Phi) is 3.95. The van der Waals surface area contributed by atoms with E-state index in [4.69, 9.17) is 14.2 Å². The van der Waals surface area contributed by atoms with Crippen LogP contribution in [0.25, 0.3) is 10.2 Å². The molecule has 0 bridgehead atoms. The van der Waals surface area contributed by atoms with Crippen molar-refractivity contribution in [2.45, 2.75) is 0 Å². The molecule has 0 aliphatic carbocycles. The second-order valence-electron chi connectivity index (χ2n) is 5.18. The molecule has 1 aliphatic rings. The molecular weight excluding hydrogens is 344 g/mol. The van der Waals surface area contributed by atoms with Gasteiger partial charge in [0.05, 0.1) is 15.8 Å². The highest BCUT2D eigenvalue weighted by Crippen LogP contribution is 2.32. The Morgan fingerprint density at radius 2 is 2.00 bits per heavy atom. The van der Waals surface area contributed by atoms with Crippen molar-refractivity contribution >= 4 is 38.6 Å². The third kappa shape index (κ3) is 3.24. The lowest BCUT2D eigenvalue weighted by molar-refractivity contribution is -0.119. The lowest BCUT2D eigenvalue weighted by Crippen LogP contribution is -2.20. The van der Waals surface area contributed by atoms with Crippen molar-refractivity contribution in [2.24, 2.45) is 0 Å². The van der Waals surface area contributed by atoms with Crippen LogP contribution >= 0.6 is 11.3 Å². The maximum Gasteiger partial charge on any atom is 0.338 e. The highest BCUT2D eigenvalue weighted by Gasteiger charge is 2.18. The molecule has 3 aromatic rings. The summed E-state index contributed by atoms with van der Waals surface area (Å²) in [5, 5.41) is 3.09. The fourth-order valence-corrected chi connectivity index (χ4v) is 3.20. The second kappa shape index (κ2) is 6.40. The Bertz CT molecular complexity index is 936. The van der Waals surface area contributed by atoms with Crippen LogP contribution in [0.1, 0.15) is 10.4 Å². The maximum atomic E-state index is 12.0. The van der Waals surface area contributed by atoms with Gasteiger partial charge in [-0.3, -0.25) is 10.1 Å². The molecule has 0 atom stereocenters. The van der Waals surface area contributed by atoms with Gasteiger partial charge in [0.25, 0.3) is 5.91 Å². The summed E-state index contributed by atoms with van der Waals surface area (Å²) in [6.45, 7) is -0.276. The Hall–Kier alpha value is -3.13. The third-order valence-corrected chi connectivity index (χ3v) is 4.43. The minimum absolute atomic E-state index is 0.123. The van der Waals surface area contributed by atoms with Gasteiger partial charge in [-0.15, -0.1) is 0 Å². The molecule has 2 heterocycles. The van der Waals surface area contributed by atoms with Crippen LogP contribution in [0.15, 0.2) is 42.5 Å². The fraction of sp³-hybridized carbons (Fsp3) is 0.118. The van der Waals surface area contributed by atoms with Crippen LogP contribution in [0, 0.1) is 0 Å². The lowest BCUT2D eigenvalue weighted by atomic mass is 10.2. The zero-order valence-electron chi connectivity index (χ0n) is 12.9. The summed E-state index contributed by atoms with van der Waals surface area (Å²) in [6.07, 6.45) is 0. The summed E-state index contributed by atoms with van der Waals surface area (Å²) < 4.78 is 16.4. The van der Waals surface area contributed by atoms with Crippen LogP contribution in [0.4, 0.5) is 5.13 Å². The van der Waals surface area contributed by atoms with Crippen molar-refractivity contribution in [1.82, 2.24) is 4.98 Å². The zero-order valence-corrected chi connectivity index (χ0v) is 13.7. The Balaban J connectivity index is 1.35. The lowest BCUT2D eigenvalue weighted by Gasteiger charge is -2.05. The average molecular weight is 356 g/mol. The summed E-state index contributed by atoms with van der Waals surface area (Å²) in [5.41, 5.74) is 1.09. The number of carbonyl (C=O) groups excluding carboxylic acids is 2. The van der Waals surface area contributed by atoms with E-state index in [1.54, 1.807) is 12.1 Å². The van der Waals surface area contributed by atoms with Crippen LogP contribution in [0.5, 0.6) is 11.5 Å². The standard InChI is InChI=1S/C17H12N2O5S/c20-15(19-17-18-11-3-1-2-4-14(11)25-17)8-22-16(21)10-5-6-12-13(7-10)24-9-23-12/h1-7H,8-9H2,(H,18,19,20). The van der Waals surface area contributed by atoms with Crippen molar-refractivity contribution in [3.8, 4) is 11.5 Å². The molecule has 4 rings (SSSR count). The number of esters is 1. The zero-order chi connectivity index (χ0) is 17.2. The summed E-state index contributed by atoms with van der Waals surface area (Å²) in [4.78, 5) is 28.3. The molecule has 0 radical (unpaired) electrons. The van der Waals surface area contributed by atoms with Gasteiger partial charge >= 0.3 is 5.97 Å². The minimum Gasteiger partial charge on any atom is -0.454 e. The third-order valence-electron chi connectivity index (χ3n) is 3.48. The topological polar surface area (TPSA) is 86.8 Å². The number of fused-ring (bicyclic) bond motifs is 2. The summed E-state index contributed by atoms with van der Waals surface area (Å²) >= 11 is 1.36. The van der Waals surface area contributed by atoms with E-state index in [1.165, 1.54) is 17.4 Å². The normalized spacial score (nSPS) is 12.2. The number of hydrogen-bond donors (Lipinski definition) is 1. The summed E-state index contributed by atoms with van der Waals surface area (Å²) in [5.74, 6) is -0.00981. The first kappa shape index (κ1) is 15.4. The maximum absolute atomic E-state index is 12.0. The quantitative estimate of drug-likeness (QED) is 0.724. The van der Waals surface area contributed by atoms with Gasteiger partial charge in [0.1, 0.15) is 0 Å². The molecule has 8 heteroatoms. The largest absolute Gasteiger partial charge is 0.454 e. The Morgan fingerprint density at radius 3 is 2.88 bits per heavy atom. The molecule has 1 N–H and O–H groups in total. The van der Waals surface area contributed by atoms with Gasteiger partial charge in [0, 0.05) is 0 Å². The van der Waals surface area contributed by atoms with Gasteiger partial charge < -0.3 is 14.2 Å². The van der Waals surface area contributed by atoms with E-state index in [9.17, 15) is 9.59 Å². The van der Waals surface area contributed by atoms with Gasteiger partial charge in [-0.2, -0.15) is 0 Å². The highest BCUT2D eigenvalue weighted by atomic mass is 32.1. The molecule has 2 aromatic carbocycles. The number of carbonyl (C=O) groups is 2.